The lowest BCUT2D eigenvalue weighted by atomic mass is 9.94. The van der Waals surface area contributed by atoms with Gasteiger partial charge in [-0.05, 0) is 25.7 Å². The number of nitrogens with zero attached hydrogens (tertiary/aromatic N) is 5. The number of anilines is 1. The zero-order valence-electron chi connectivity index (χ0n) is 17.0. The summed E-state index contributed by atoms with van der Waals surface area (Å²) >= 11 is 0. The van der Waals surface area contributed by atoms with Crippen molar-refractivity contribution < 1.29 is 14.6 Å². The highest BCUT2D eigenvalue weighted by Crippen LogP contribution is 2.32. The Morgan fingerprint density at radius 2 is 1.90 bits per heavy atom. The SMILES string of the molecule is OC1(Cn2cnc3c(N(CC4CCCO4)C4CCCC4)ncnc32)CCOCC1. The molecule has 8 heteroatoms. The van der Waals surface area contributed by atoms with Crippen molar-refractivity contribution in [1.82, 2.24) is 19.5 Å². The largest absolute Gasteiger partial charge is 0.388 e. The molecule has 4 heterocycles. The van der Waals surface area contributed by atoms with Crippen LogP contribution < -0.4 is 4.90 Å². The fraction of sp³-hybridized carbons (Fsp3) is 0.762. The lowest BCUT2D eigenvalue weighted by Gasteiger charge is -2.33. The minimum absolute atomic E-state index is 0.269. The number of ether oxygens (including phenoxy) is 2. The predicted octanol–water partition coefficient (Wildman–Crippen LogP) is 2.30. The molecule has 29 heavy (non-hydrogen) atoms. The summed E-state index contributed by atoms with van der Waals surface area (Å²) in [5, 5.41) is 10.9. The van der Waals surface area contributed by atoms with E-state index < -0.39 is 5.60 Å². The fourth-order valence-electron chi connectivity index (χ4n) is 5.05. The molecule has 158 valence electrons. The molecule has 0 radical (unpaired) electrons. The van der Waals surface area contributed by atoms with Gasteiger partial charge in [-0.3, -0.25) is 0 Å². The minimum atomic E-state index is -0.764. The van der Waals surface area contributed by atoms with Crippen LogP contribution in [0.5, 0.6) is 0 Å². The molecule has 3 aliphatic rings. The summed E-state index contributed by atoms with van der Waals surface area (Å²) in [5.74, 6) is 0.912. The van der Waals surface area contributed by atoms with Crippen LogP contribution in [0.15, 0.2) is 12.7 Å². The van der Waals surface area contributed by atoms with E-state index in [-0.39, 0.29) is 6.10 Å². The highest BCUT2D eigenvalue weighted by atomic mass is 16.5. The molecule has 1 aliphatic carbocycles. The third-order valence-electron chi connectivity index (χ3n) is 6.73. The summed E-state index contributed by atoms with van der Waals surface area (Å²) in [5.41, 5.74) is 0.859. The predicted molar refractivity (Wildman–Crippen MR) is 109 cm³/mol. The summed E-state index contributed by atoms with van der Waals surface area (Å²) < 4.78 is 13.3. The first kappa shape index (κ1) is 19.2. The summed E-state index contributed by atoms with van der Waals surface area (Å²) in [6.45, 7) is 3.41. The molecule has 1 atom stereocenters. The van der Waals surface area contributed by atoms with Crippen molar-refractivity contribution in [3.63, 3.8) is 0 Å². The average molecular weight is 402 g/mol. The van der Waals surface area contributed by atoms with Gasteiger partial charge in [0.2, 0.25) is 0 Å². The molecule has 5 rings (SSSR count). The maximum absolute atomic E-state index is 10.9. The third kappa shape index (κ3) is 3.98. The van der Waals surface area contributed by atoms with Gasteiger partial charge >= 0.3 is 0 Å². The van der Waals surface area contributed by atoms with Gasteiger partial charge in [0.25, 0.3) is 0 Å². The van der Waals surface area contributed by atoms with Gasteiger partial charge in [-0.1, -0.05) is 12.8 Å². The Kier molecular flexibility index (Phi) is 5.41. The van der Waals surface area contributed by atoms with Crippen molar-refractivity contribution in [2.24, 2.45) is 0 Å². The Morgan fingerprint density at radius 1 is 1.07 bits per heavy atom. The van der Waals surface area contributed by atoms with Crippen molar-refractivity contribution >= 4 is 17.0 Å². The maximum Gasteiger partial charge on any atom is 0.165 e. The molecule has 0 bridgehead atoms. The number of imidazole rings is 1. The number of aromatic nitrogens is 4. The number of hydrogen-bond donors (Lipinski definition) is 1. The summed E-state index contributed by atoms with van der Waals surface area (Å²) in [4.78, 5) is 16.3. The summed E-state index contributed by atoms with van der Waals surface area (Å²) in [6.07, 6.45) is 12.2. The number of hydrogen-bond acceptors (Lipinski definition) is 7. The van der Waals surface area contributed by atoms with Gasteiger partial charge in [-0.25, -0.2) is 15.0 Å². The van der Waals surface area contributed by atoms with E-state index >= 15 is 0 Å². The number of aliphatic hydroxyl groups is 1. The smallest absolute Gasteiger partial charge is 0.165 e. The van der Waals surface area contributed by atoms with Gasteiger partial charge in [-0.2, -0.15) is 0 Å². The van der Waals surface area contributed by atoms with Crippen LogP contribution in [0.3, 0.4) is 0 Å². The van der Waals surface area contributed by atoms with Crippen LogP contribution in [0.1, 0.15) is 51.4 Å². The summed E-state index contributed by atoms with van der Waals surface area (Å²) in [6, 6.07) is 0.488. The second-order valence-electron chi connectivity index (χ2n) is 8.80. The van der Waals surface area contributed by atoms with E-state index in [2.05, 4.69) is 14.9 Å². The Bertz CT molecular complexity index is 823. The van der Waals surface area contributed by atoms with E-state index in [1.807, 2.05) is 4.57 Å². The van der Waals surface area contributed by atoms with Crippen molar-refractivity contribution in [3.8, 4) is 0 Å². The van der Waals surface area contributed by atoms with Crippen molar-refractivity contribution in [3.05, 3.63) is 12.7 Å². The minimum Gasteiger partial charge on any atom is -0.388 e. The molecule has 1 saturated carbocycles. The monoisotopic (exact) mass is 401 g/mol. The molecule has 0 amide bonds. The first-order valence-corrected chi connectivity index (χ1v) is 11.1. The van der Waals surface area contributed by atoms with Gasteiger partial charge < -0.3 is 24.0 Å². The highest BCUT2D eigenvalue weighted by molar-refractivity contribution is 5.83. The van der Waals surface area contributed by atoms with Crippen LogP contribution >= 0.6 is 0 Å². The van der Waals surface area contributed by atoms with E-state index in [4.69, 9.17) is 14.5 Å². The van der Waals surface area contributed by atoms with Crippen molar-refractivity contribution in [2.75, 3.05) is 31.3 Å². The molecule has 0 spiro atoms. The normalized spacial score (nSPS) is 25.1. The first-order chi connectivity index (χ1) is 14.2. The van der Waals surface area contributed by atoms with E-state index in [1.165, 1.54) is 25.7 Å². The molecular weight excluding hydrogens is 370 g/mol. The van der Waals surface area contributed by atoms with E-state index in [9.17, 15) is 5.11 Å². The average Bonchev–Trinajstić information content (AvgIpc) is 3.49. The van der Waals surface area contributed by atoms with Crippen LogP contribution in [0.4, 0.5) is 5.82 Å². The fourth-order valence-corrected chi connectivity index (χ4v) is 5.05. The van der Waals surface area contributed by atoms with Gasteiger partial charge in [-0.15, -0.1) is 0 Å². The molecule has 3 fully saturated rings. The molecule has 2 aromatic rings. The van der Waals surface area contributed by atoms with Gasteiger partial charge in [0.05, 0.1) is 24.6 Å². The molecular formula is C21H31N5O3. The van der Waals surface area contributed by atoms with E-state index in [0.717, 1.165) is 43.0 Å². The van der Waals surface area contributed by atoms with Crippen LogP contribution in [0.25, 0.3) is 11.2 Å². The second-order valence-corrected chi connectivity index (χ2v) is 8.80. The second kappa shape index (κ2) is 8.16. The first-order valence-electron chi connectivity index (χ1n) is 11.1. The Balaban J connectivity index is 1.45. The molecule has 1 unspecified atom stereocenters. The van der Waals surface area contributed by atoms with Gasteiger partial charge in [0, 0.05) is 45.2 Å². The molecule has 1 N–H and O–H groups in total. The van der Waals surface area contributed by atoms with Crippen LogP contribution in [0, 0.1) is 0 Å². The zero-order valence-corrected chi connectivity index (χ0v) is 17.0. The summed E-state index contributed by atoms with van der Waals surface area (Å²) in [7, 11) is 0. The molecule has 2 saturated heterocycles. The van der Waals surface area contributed by atoms with Crippen LogP contribution in [0.2, 0.25) is 0 Å². The topological polar surface area (TPSA) is 85.5 Å². The standard InChI is InChI=1S/C21H31N5O3/c27-21(7-10-28-11-8-21)13-25-15-24-18-19(25)22-14-23-20(18)26(16-4-1-2-5-16)12-17-6-3-9-29-17/h14-17,27H,1-13H2. The Labute approximate surface area is 171 Å². The van der Waals surface area contributed by atoms with Crippen LogP contribution in [-0.2, 0) is 16.0 Å². The lowest BCUT2D eigenvalue weighted by Crippen LogP contribution is -2.40. The Morgan fingerprint density at radius 3 is 2.66 bits per heavy atom. The van der Waals surface area contributed by atoms with Gasteiger partial charge in [0.1, 0.15) is 6.33 Å². The molecule has 0 aromatic carbocycles. The highest BCUT2D eigenvalue weighted by Gasteiger charge is 2.33. The van der Waals surface area contributed by atoms with Gasteiger partial charge in [0.15, 0.2) is 17.0 Å². The molecule has 8 nitrogen and oxygen atoms in total. The maximum atomic E-state index is 10.9. The third-order valence-corrected chi connectivity index (χ3v) is 6.73. The lowest BCUT2D eigenvalue weighted by molar-refractivity contribution is -0.0723. The number of rotatable bonds is 6. The molecule has 2 aromatic heterocycles. The van der Waals surface area contributed by atoms with E-state index in [1.54, 1.807) is 12.7 Å². The number of fused-ring (bicyclic) bond motifs is 1. The zero-order chi connectivity index (χ0) is 19.7. The van der Waals surface area contributed by atoms with Crippen molar-refractivity contribution in [2.45, 2.75) is 75.7 Å². The Hall–Kier alpha value is -1.77. The van der Waals surface area contributed by atoms with E-state index in [0.29, 0.717) is 38.6 Å². The molecule has 2 aliphatic heterocycles. The van der Waals surface area contributed by atoms with Crippen LogP contribution in [-0.4, -0.2) is 68.7 Å². The van der Waals surface area contributed by atoms with Crippen molar-refractivity contribution in [1.29, 1.82) is 0 Å². The quantitative estimate of drug-likeness (QED) is 0.795.